The second-order valence-electron chi connectivity index (χ2n) is 12.0. The van der Waals surface area contributed by atoms with Crippen LogP contribution >= 0.6 is 11.3 Å². The molecule has 0 atom stereocenters. The molecular formula is C43H24N2OS. The summed E-state index contributed by atoms with van der Waals surface area (Å²) >= 11 is 1.71. The molecule has 47 heavy (non-hydrogen) atoms. The number of hydrogen-bond donors (Lipinski definition) is 0. The maximum absolute atomic E-state index is 10.2. The Kier molecular flexibility index (Phi) is 5.51. The van der Waals surface area contributed by atoms with Crippen molar-refractivity contribution < 1.29 is 4.42 Å². The van der Waals surface area contributed by atoms with E-state index in [1.807, 2.05) is 18.2 Å². The number of nitriles is 1. The van der Waals surface area contributed by atoms with Gasteiger partial charge in [-0.3, -0.25) is 0 Å². The highest BCUT2D eigenvalue weighted by molar-refractivity contribution is 7.26. The van der Waals surface area contributed by atoms with Gasteiger partial charge in [0.1, 0.15) is 17.2 Å². The molecule has 0 fully saturated rings. The first-order chi connectivity index (χ1) is 23.3. The lowest BCUT2D eigenvalue weighted by atomic mass is 9.96. The zero-order chi connectivity index (χ0) is 31.1. The molecule has 0 saturated carbocycles. The van der Waals surface area contributed by atoms with E-state index in [1.165, 1.54) is 21.9 Å². The fourth-order valence-electron chi connectivity index (χ4n) is 7.33. The minimum absolute atomic E-state index is 0.695. The van der Waals surface area contributed by atoms with Crippen molar-refractivity contribution in [2.45, 2.75) is 0 Å². The molecule has 0 N–H and O–H groups in total. The van der Waals surface area contributed by atoms with Crippen molar-refractivity contribution in [3.05, 3.63) is 151 Å². The first-order valence-electron chi connectivity index (χ1n) is 15.7. The molecule has 0 spiro atoms. The minimum atomic E-state index is 0.695. The zero-order valence-corrected chi connectivity index (χ0v) is 25.9. The fourth-order valence-corrected chi connectivity index (χ4v) is 8.62. The Balaban J connectivity index is 1.25. The topological polar surface area (TPSA) is 41.9 Å². The first kappa shape index (κ1) is 26.1. The van der Waals surface area contributed by atoms with Crippen molar-refractivity contribution in [3.8, 4) is 34.0 Å². The summed E-state index contributed by atoms with van der Waals surface area (Å²) in [4.78, 5) is 0. The van der Waals surface area contributed by atoms with Crippen LogP contribution in [0.25, 0.3) is 91.9 Å². The van der Waals surface area contributed by atoms with Crippen LogP contribution in [-0.4, -0.2) is 4.57 Å². The monoisotopic (exact) mass is 616 g/mol. The van der Waals surface area contributed by atoms with Gasteiger partial charge in [0, 0.05) is 32.3 Å². The summed E-state index contributed by atoms with van der Waals surface area (Å²) in [7, 11) is 0. The predicted octanol–water partition coefficient (Wildman–Crippen LogP) is 12.3. The average Bonchev–Trinajstić information content (AvgIpc) is 3.81. The largest absolute Gasteiger partial charge is 0.456 e. The van der Waals surface area contributed by atoms with E-state index in [2.05, 4.69) is 138 Å². The Morgan fingerprint density at radius 1 is 0.511 bits per heavy atom. The smallest absolute Gasteiger partial charge is 0.135 e. The van der Waals surface area contributed by atoms with Crippen LogP contribution < -0.4 is 0 Å². The number of nitrogens with zero attached hydrogens (tertiary/aromatic N) is 2. The summed E-state index contributed by atoms with van der Waals surface area (Å²) in [6.07, 6.45) is 0. The molecule has 7 aromatic carbocycles. The summed E-state index contributed by atoms with van der Waals surface area (Å²) < 4.78 is 10.7. The molecule has 0 radical (unpaired) electrons. The Morgan fingerprint density at radius 2 is 1.23 bits per heavy atom. The third-order valence-electron chi connectivity index (χ3n) is 9.45. The van der Waals surface area contributed by atoms with Crippen molar-refractivity contribution >= 4 is 75.3 Å². The zero-order valence-electron chi connectivity index (χ0n) is 25.1. The van der Waals surface area contributed by atoms with Gasteiger partial charge in [-0.05, 0) is 70.8 Å². The maximum atomic E-state index is 10.2. The van der Waals surface area contributed by atoms with Crippen LogP contribution in [0.5, 0.6) is 0 Å². The van der Waals surface area contributed by atoms with Crippen LogP contribution in [0.15, 0.2) is 150 Å². The molecule has 0 aliphatic rings. The molecule has 3 nitrogen and oxygen atoms in total. The van der Waals surface area contributed by atoms with Gasteiger partial charge in [-0.1, -0.05) is 97.1 Å². The van der Waals surface area contributed by atoms with Gasteiger partial charge in [0.25, 0.3) is 0 Å². The van der Waals surface area contributed by atoms with E-state index in [4.69, 9.17) is 4.42 Å². The quantitative estimate of drug-likeness (QED) is 0.198. The van der Waals surface area contributed by atoms with Gasteiger partial charge in [-0.2, -0.15) is 5.26 Å². The van der Waals surface area contributed by atoms with Crippen molar-refractivity contribution in [1.82, 2.24) is 4.57 Å². The summed E-state index contributed by atoms with van der Waals surface area (Å²) in [6, 6.07) is 53.7. The molecule has 10 aromatic rings. The SMILES string of the molecule is N#Cc1ccc(-c2ccc3oc4ccccc4c3c2)c2c1sc1c(-n3c4ccccc4c4cc(-c5ccccc5)ccc43)cccc12. The molecule has 10 rings (SSSR count). The van der Waals surface area contributed by atoms with Gasteiger partial charge in [-0.25, -0.2) is 0 Å². The molecule has 4 heteroatoms. The number of benzene rings is 7. The van der Waals surface area contributed by atoms with Crippen molar-refractivity contribution in [2.24, 2.45) is 0 Å². The second-order valence-corrected chi connectivity index (χ2v) is 13.0. The summed E-state index contributed by atoms with van der Waals surface area (Å²) in [6.45, 7) is 0. The van der Waals surface area contributed by atoms with Crippen LogP contribution in [-0.2, 0) is 0 Å². The first-order valence-corrected chi connectivity index (χ1v) is 16.5. The van der Waals surface area contributed by atoms with E-state index < -0.39 is 0 Å². The standard InChI is InChI=1S/C43H24N2OS/c44-25-29-17-20-30(28-19-22-40-35(24-28)32-12-5-7-16-39(32)46-40)41-33-13-8-15-38(43(33)47-42(29)41)45-36-14-6-4-11-31(36)34-23-27(18-21-37(34)45)26-9-2-1-3-10-26/h1-24H. The highest BCUT2D eigenvalue weighted by Gasteiger charge is 2.20. The lowest BCUT2D eigenvalue weighted by molar-refractivity contribution is 0.669. The highest BCUT2D eigenvalue weighted by atomic mass is 32.1. The Bertz CT molecular complexity index is 2920. The molecular weight excluding hydrogens is 593 g/mol. The number of furan rings is 1. The molecule has 3 heterocycles. The number of thiophene rings is 1. The number of para-hydroxylation sites is 2. The molecule has 0 bridgehead atoms. The number of aromatic nitrogens is 1. The van der Waals surface area contributed by atoms with E-state index in [9.17, 15) is 5.26 Å². The molecule has 0 amide bonds. The third kappa shape index (κ3) is 3.78. The second kappa shape index (κ2) is 9.92. The molecule has 218 valence electrons. The van der Waals surface area contributed by atoms with Crippen LogP contribution in [0.2, 0.25) is 0 Å². The van der Waals surface area contributed by atoms with Gasteiger partial charge in [0.05, 0.1) is 31.7 Å². The number of rotatable bonds is 3. The highest BCUT2D eigenvalue weighted by Crippen LogP contribution is 2.46. The fraction of sp³-hybridized carbons (Fsp3) is 0. The van der Waals surface area contributed by atoms with Gasteiger partial charge >= 0.3 is 0 Å². The molecule has 0 aliphatic heterocycles. The van der Waals surface area contributed by atoms with Crippen LogP contribution in [0.1, 0.15) is 5.56 Å². The van der Waals surface area contributed by atoms with Crippen LogP contribution in [0.4, 0.5) is 0 Å². The summed E-state index contributed by atoms with van der Waals surface area (Å²) in [5.41, 5.74) is 10.5. The van der Waals surface area contributed by atoms with E-state index in [1.54, 1.807) is 11.3 Å². The Morgan fingerprint density at radius 3 is 2.13 bits per heavy atom. The minimum Gasteiger partial charge on any atom is -0.456 e. The predicted molar refractivity (Wildman–Crippen MR) is 197 cm³/mol. The van der Waals surface area contributed by atoms with Gasteiger partial charge in [-0.15, -0.1) is 11.3 Å². The van der Waals surface area contributed by atoms with Crippen molar-refractivity contribution in [2.75, 3.05) is 0 Å². The van der Waals surface area contributed by atoms with Crippen molar-refractivity contribution in [3.63, 3.8) is 0 Å². The van der Waals surface area contributed by atoms with Gasteiger partial charge in [0.15, 0.2) is 0 Å². The summed E-state index contributed by atoms with van der Waals surface area (Å²) in [5.74, 6) is 0. The van der Waals surface area contributed by atoms with Gasteiger partial charge < -0.3 is 8.98 Å². The Hall–Kier alpha value is -6.15. The third-order valence-corrected chi connectivity index (χ3v) is 10.7. The lowest BCUT2D eigenvalue weighted by Gasteiger charge is -2.10. The van der Waals surface area contributed by atoms with E-state index in [-0.39, 0.29) is 0 Å². The Labute approximate surface area is 273 Å². The van der Waals surface area contributed by atoms with E-state index >= 15 is 0 Å². The molecule has 3 aromatic heterocycles. The molecule has 0 saturated heterocycles. The molecule has 0 unspecified atom stereocenters. The average molecular weight is 617 g/mol. The number of hydrogen-bond acceptors (Lipinski definition) is 3. The lowest BCUT2D eigenvalue weighted by Crippen LogP contribution is -1.93. The van der Waals surface area contributed by atoms with Crippen LogP contribution in [0.3, 0.4) is 0 Å². The number of fused-ring (bicyclic) bond motifs is 9. The van der Waals surface area contributed by atoms with E-state index in [0.29, 0.717) is 5.56 Å². The normalized spacial score (nSPS) is 11.8. The van der Waals surface area contributed by atoms with Crippen LogP contribution in [0, 0.1) is 11.3 Å². The van der Waals surface area contributed by atoms with Gasteiger partial charge in [0.2, 0.25) is 0 Å². The molecule has 0 aliphatic carbocycles. The summed E-state index contributed by atoms with van der Waals surface area (Å²) in [5, 5.41) is 17.2. The maximum Gasteiger partial charge on any atom is 0.135 e. The van der Waals surface area contributed by atoms with E-state index in [0.717, 1.165) is 70.0 Å². The van der Waals surface area contributed by atoms with Crippen molar-refractivity contribution in [1.29, 1.82) is 5.26 Å².